The molecule has 0 unspecified atom stereocenters. The van der Waals surface area contributed by atoms with Gasteiger partial charge in [-0.15, -0.1) is 0 Å². The second-order valence-electron chi connectivity index (χ2n) is 5.19. The summed E-state index contributed by atoms with van der Waals surface area (Å²) in [6.45, 7) is 9.05. The number of rotatable bonds is 8. The van der Waals surface area contributed by atoms with Crippen LogP contribution in [0, 0.1) is 0 Å². The highest BCUT2D eigenvalue weighted by Crippen LogP contribution is 2.10. The summed E-state index contributed by atoms with van der Waals surface area (Å²) in [6, 6.07) is 8.24. The Labute approximate surface area is 121 Å². The Bertz CT molecular complexity index is 401. The molecule has 4 heteroatoms. The largest absolute Gasteiger partial charge is 0.396 e. The van der Waals surface area contributed by atoms with Crippen molar-refractivity contribution in [3.63, 3.8) is 0 Å². The lowest BCUT2D eigenvalue weighted by Gasteiger charge is -2.24. The normalized spacial score (nSPS) is 11.1. The molecular weight excluding hydrogens is 252 g/mol. The fourth-order valence-electron chi connectivity index (χ4n) is 2.04. The first-order valence-corrected chi connectivity index (χ1v) is 7.30. The number of benzene rings is 1. The van der Waals surface area contributed by atoms with Gasteiger partial charge >= 0.3 is 0 Å². The maximum atomic E-state index is 11.8. The van der Waals surface area contributed by atoms with Crippen molar-refractivity contribution in [1.82, 2.24) is 10.2 Å². The van der Waals surface area contributed by atoms with Gasteiger partial charge in [0.25, 0.3) is 5.91 Å². The van der Waals surface area contributed by atoms with E-state index in [2.05, 4.69) is 31.0 Å². The lowest BCUT2D eigenvalue weighted by atomic mass is 10.1. The van der Waals surface area contributed by atoms with E-state index in [1.165, 1.54) is 5.56 Å². The summed E-state index contributed by atoms with van der Waals surface area (Å²) >= 11 is 0. The highest BCUT2D eigenvalue weighted by molar-refractivity contribution is 5.94. The summed E-state index contributed by atoms with van der Waals surface area (Å²) in [5.74, 6) is -0.0822. The number of carbonyl (C=O) groups is 1. The molecule has 4 nitrogen and oxygen atoms in total. The number of hydrogen-bond acceptors (Lipinski definition) is 3. The number of aliphatic hydroxyl groups excluding tert-OH is 1. The number of carbonyl (C=O) groups excluding carboxylic acids is 1. The zero-order chi connectivity index (χ0) is 15.0. The van der Waals surface area contributed by atoms with E-state index in [0.29, 0.717) is 24.6 Å². The van der Waals surface area contributed by atoms with E-state index in [1.54, 1.807) is 0 Å². The van der Waals surface area contributed by atoms with E-state index in [1.807, 2.05) is 24.3 Å². The lowest BCUT2D eigenvalue weighted by Crippen LogP contribution is -2.30. The first-order chi connectivity index (χ1) is 9.58. The minimum Gasteiger partial charge on any atom is -0.396 e. The molecule has 0 aliphatic heterocycles. The van der Waals surface area contributed by atoms with Gasteiger partial charge in [-0.3, -0.25) is 9.69 Å². The standard InChI is InChI=1S/C16H26N2O2/c1-4-18(13(2)3)12-14-6-8-15(9-7-14)16(20)17-10-5-11-19/h6-9,13,19H,4-5,10-12H2,1-3H3,(H,17,20). The fourth-order valence-corrected chi connectivity index (χ4v) is 2.04. The number of nitrogens with one attached hydrogen (secondary N) is 1. The van der Waals surface area contributed by atoms with Gasteiger partial charge < -0.3 is 10.4 Å². The van der Waals surface area contributed by atoms with Gasteiger partial charge in [0.05, 0.1) is 0 Å². The van der Waals surface area contributed by atoms with Crippen LogP contribution in [0.1, 0.15) is 43.1 Å². The first-order valence-electron chi connectivity index (χ1n) is 7.30. The van der Waals surface area contributed by atoms with E-state index < -0.39 is 0 Å². The summed E-state index contributed by atoms with van der Waals surface area (Å²) < 4.78 is 0. The van der Waals surface area contributed by atoms with Crippen LogP contribution in [0.5, 0.6) is 0 Å². The second kappa shape index (κ2) is 8.72. The molecule has 0 aliphatic carbocycles. The quantitative estimate of drug-likeness (QED) is 0.715. The molecule has 1 rings (SSSR count). The summed E-state index contributed by atoms with van der Waals surface area (Å²) in [7, 11) is 0. The van der Waals surface area contributed by atoms with Crippen molar-refractivity contribution in [1.29, 1.82) is 0 Å². The summed E-state index contributed by atoms with van der Waals surface area (Å²) in [6.07, 6.45) is 0.587. The van der Waals surface area contributed by atoms with Gasteiger partial charge in [0.15, 0.2) is 0 Å². The molecule has 2 N–H and O–H groups in total. The van der Waals surface area contributed by atoms with Crippen LogP contribution in [0.15, 0.2) is 24.3 Å². The molecule has 112 valence electrons. The van der Waals surface area contributed by atoms with E-state index in [9.17, 15) is 4.79 Å². The Balaban J connectivity index is 2.57. The molecule has 0 bridgehead atoms. The number of hydrogen-bond donors (Lipinski definition) is 2. The molecule has 0 aliphatic rings. The predicted octanol–water partition coefficient (Wildman–Crippen LogP) is 2.03. The van der Waals surface area contributed by atoms with Crippen molar-refractivity contribution >= 4 is 5.91 Å². The van der Waals surface area contributed by atoms with Crippen molar-refractivity contribution in [3.8, 4) is 0 Å². The molecule has 0 atom stereocenters. The van der Waals surface area contributed by atoms with E-state index >= 15 is 0 Å². The minimum absolute atomic E-state index is 0.0822. The highest BCUT2D eigenvalue weighted by atomic mass is 16.3. The molecule has 0 saturated carbocycles. The Kier molecular flexibility index (Phi) is 7.26. The van der Waals surface area contributed by atoms with Gasteiger partial charge in [-0.25, -0.2) is 0 Å². The van der Waals surface area contributed by atoms with E-state index in [4.69, 9.17) is 5.11 Å². The SMILES string of the molecule is CCN(Cc1ccc(C(=O)NCCCO)cc1)C(C)C. The zero-order valence-corrected chi connectivity index (χ0v) is 12.7. The number of amides is 1. The maximum Gasteiger partial charge on any atom is 0.251 e. The maximum absolute atomic E-state index is 11.8. The average molecular weight is 278 g/mol. The molecule has 0 heterocycles. The first kappa shape index (κ1) is 16.7. The van der Waals surface area contributed by atoms with E-state index in [0.717, 1.165) is 13.1 Å². The van der Waals surface area contributed by atoms with Gasteiger partial charge in [-0.1, -0.05) is 19.1 Å². The van der Waals surface area contributed by atoms with Crippen molar-refractivity contribution < 1.29 is 9.90 Å². The van der Waals surface area contributed by atoms with Crippen LogP contribution in [-0.2, 0) is 6.54 Å². The second-order valence-corrected chi connectivity index (χ2v) is 5.19. The molecule has 0 saturated heterocycles. The Hall–Kier alpha value is -1.39. The van der Waals surface area contributed by atoms with Crippen LogP contribution in [-0.4, -0.2) is 41.7 Å². The van der Waals surface area contributed by atoms with Crippen LogP contribution >= 0.6 is 0 Å². The molecular formula is C16H26N2O2. The van der Waals surface area contributed by atoms with Crippen molar-refractivity contribution in [2.24, 2.45) is 0 Å². The Morgan fingerprint density at radius 3 is 2.45 bits per heavy atom. The fraction of sp³-hybridized carbons (Fsp3) is 0.562. The molecule has 1 aromatic rings. The number of nitrogens with zero attached hydrogens (tertiary/aromatic N) is 1. The van der Waals surface area contributed by atoms with Crippen LogP contribution in [0.2, 0.25) is 0 Å². The van der Waals surface area contributed by atoms with Gasteiger partial charge in [-0.2, -0.15) is 0 Å². The average Bonchev–Trinajstić information content (AvgIpc) is 2.45. The van der Waals surface area contributed by atoms with Crippen molar-refractivity contribution in [3.05, 3.63) is 35.4 Å². The topological polar surface area (TPSA) is 52.6 Å². The third kappa shape index (κ3) is 5.31. The molecule has 20 heavy (non-hydrogen) atoms. The van der Waals surface area contributed by atoms with Gasteiger partial charge in [0.2, 0.25) is 0 Å². The summed E-state index contributed by atoms with van der Waals surface area (Å²) in [4.78, 5) is 14.2. The van der Waals surface area contributed by atoms with Crippen molar-refractivity contribution in [2.45, 2.75) is 39.8 Å². The van der Waals surface area contributed by atoms with Gasteiger partial charge in [-0.05, 0) is 44.5 Å². The van der Waals surface area contributed by atoms with Crippen molar-refractivity contribution in [2.75, 3.05) is 19.7 Å². The highest BCUT2D eigenvalue weighted by Gasteiger charge is 2.09. The Morgan fingerprint density at radius 2 is 1.95 bits per heavy atom. The van der Waals surface area contributed by atoms with Crippen LogP contribution in [0.3, 0.4) is 0 Å². The third-order valence-electron chi connectivity index (χ3n) is 3.36. The summed E-state index contributed by atoms with van der Waals surface area (Å²) in [5, 5.41) is 11.5. The molecule has 1 aromatic carbocycles. The van der Waals surface area contributed by atoms with Gasteiger partial charge in [0, 0.05) is 31.3 Å². The lowest BCUT2D eigenvalue weighted by molar-refractivity contribution is 0.0951. The molecule has 0 radical (unpaired) electrons. The zero-order valence-electron chi connectivity index (χ0n) is 12.7. The third-order valence-corrected chi connectivity index (χ3v) is 3.36. The van der Waals surface area contributed by atoms with Crippen LogP contribution in [0.4, 0.5) is 0 Å². The van der Waals surface area contributed by atoms with Crippen LogP contribution < -0.4 is 5.32 Å². The predicted molar refractivity (Wildman–Crippen MR) is 81.7 cm³/mol. The minimum atomic E-state index is -0.0822. The van der Waals surface area contributed by atoms with E-state index in [-0.39, 0.29) is 12.5 Å². The molecule has 1 amide bonds. The number of aliphatic hydroxyl groups is 1. The summed E-state index contributed by atoms with van der Waals surface area (Å²) in [5.41, 5.74) is 1.88. The Morgan fingerprint density at radius 1 is 1.30 bits per heavy atom. The van der Waals surface area contributed by atoms with Gasteiger partial charge in [0.1, 0.15) is 0 Å². The van der Waals surface area contributed by atoms with Crippen LogP contribution in [0.25, 0.3) is 0 Å². The molecule has 0 aromatic heterocycles. The monoisotopic (exact) mass is 278 g/mol. The molecule has 0 spiro atoms. The smallest absolute Gasteiger partial charge is 0.251 e. The molecule has 0 fully saturated rings.